The Bertz CT molecular complexity index is 660. The van der Waals surface area contributed by atoms with Crippen LogP contribution >= 0.6 is 11.6 Å². The molecule has 0 heterocycles. The molecule has 0 saturated carbocycles. The van der Waals surface area contributed by atoms with E-state index in [4.69, 9.17) is 11.6 Å². The third kappa shape index (κ3) is 7.63. The summed E-state index contributed by atoms with van der Waals surface area (Å²) >= 11 is 6.39. The van der Waals surface area contributed by atoms with Gasteiger partial charge in [-0.15, -0.1) is 0 Å². The molecule has 1 aromatic rings. The first-order chi connectivity index (χ1) is 11.8. The monoisotopic (exact) mass is 388 g/mol. The first-order valence-electron chi connectivity index (χ1n) is 8.43. The minimum atomic E-state index is -3.00. The molecule has 0 aliphatic heterocycles. The maximum absolute atomic E-state index is 11.2. The molecule has 0 fully saturated rings. The van der Waals surface area contributed by atoms with Crippen LogP contribution in [0.4, 0.5) is 0 Å². The highest BCUT2D eigenvalue weighted by molar-refractivity contribution is 7.90. The van der Waals surface area contributed by atoms with Gasteiger partial charge in [0, 0.05) is 31.4 Å². The Labute approximate surface area is 156 Å². The van der Waals surface area contributed by atoms with Gasteiger partial charge in [0.05, 0.1) is 11.8 Å². The van der Waals surface area contributed by atoms with Gasteiger partial charge in [0.15, 0.2) is 5.96 Å². The molecule has 8 heteroatoms. The van der Waals surface area contributed by atoms with Gasteiger partial charge >= 0.3 is 0 Å². The zero-order valence-corrected chi connectivity index (χ0v) is 17.0. The van der Waals surface area contributed by atoms with Gasteiger partial charge in [0.2, 0.25) is 0 Å². The van der Waals surface area contributed by atoms with Crippen LogP contribution in [0.5, 0.6) is 0 Å². The van der Waals surface area contributed by atoms with Crippen molar-refractivity contribution in [3.8, 4) is 0 Å². The van der Waals surface area contributed by atoms with E-state index in [1.807, 2.05) is 24.3 Å². The molecule has 1 aromatic carbocycles. The molecule has 1 atom stereocenters. The number of sulfone groups is 1. The maximum Gasteiger partial charge on any atom is 0.191 e. The van der Waals surface area contributed by atoms with Crippen LogP contribution in [0.2, 0.25) is 5.02 Å². The van der Waals surface area contributed by atoms with Crippen LogP contribution in [0.15, 0.2) is 29.3 Å². The second-order valence-electron chi connectivity index (χ2n) is 5.77. The van der Waals surface area contributed by atoms with Crippen molar-refractivity contribution >= 4 is 27.4 Å². The molecular weight excluding hydrogens is 360 g/mol. The van der Waals surface area contributed by atoms with E-state index in [0.717, 1.165) is 23.7 Å². The summed E-state index contributed by atoms with van der Waals surface area (Å²) in [6.07, 6.45) is 1.22. The van der Waals surface area contributed by atoms with Gasteiger partial charge < -0.3 is 10.6 Å². The van der Waals surface area contributed by atoms with Gasteiger partial charge in [-0.3, -0.25) is 9.89 Å². The van der Waals surface area contributed by atoms with E-state index in [1.165, 1.54) is 6.26 Å². The topological polar surface area (TPSA) is 73.8 Å². The van der Waals surface area contributed by atoms with Gasteiger partial charge in [0.1, 0.15) is 9.84 Å². The molecule has 0 amide bonds. The molecule has 1 rings (SSSR count). The summed E-state index contributed by atoms with van der Waals surface area (Å²) in [7, 11) is -1.34. The van der Waals surface area contributed by atoms with E-state index in [-0.39, 0.29) is 11.8 Å². The standard InChI is InChI=1S/C17H29ClN4O2S/c1-5-22(6-2)16(14-9-7-8-10-15(14)18)13-21-17(19-3)20-11-12-25(4,23)24/h7-10,16H,5-6,11-13H2,1-4H3,(H2,19,20,21). The molecule has 0 spiro atoms. The summed E-state index contributed by atoms with van der Waals surface area (Å²) in [4.78, 5) is 6.47. The molecular formula is C17H29ClN4O2S. The molecule has 0 aliphatic carbocycles. The van der Waals surface area contributed by atoms with Crippen LogP contribution in [0, 0.1) is 0 Å². The van der Waals surface area contributed by atoms with Crippen LogP contribution in [0.1, 0.15) is 25.5 Å². The molecule has 6 nitrogen and oxygen atoms in total. The van der Waals surface area contributed by atoms with E-state index in [0.29, 0.717) is 19.0 Å². The highest BCUT2D eigenvalue weighted by atomic mass is 35.5. The van der Waals surface area contributed by atoms with Crippen LogP contribution in [-0.4, -0.2) is 64.5 Å². The molecule has 1 unspecified atom stereocenters. The summed E-state index contributed by atoms with van der Waals surface area (Å²) < 4.78 is 22.5. The Kier molecular flexibility index (Phi) is 9.24. The number of nitrogens with zero attached hydrogens (tertiary/aromatic N) is 2. The normalized spacial score (nSPS) is 13.8. The Morgan fingerprint density at radius 1 is 1.24 bits per heavy atom. The van der Waals surface area contributed by atoms with E-state index in [1.54, 1.807) is 7.05 Å². The fraction of sp³-hybridized carbons (Fsp3) is 0.588. The second kappa shape index (κ2) is 10.6. The van der Waals surface area contributed by atoms with Crippen molar-refractivity contribution in [2.24, 2.45) is 4.99 Å². The predicted octanol–water partition coefficient (Wildman–Crippen LogP) is 1.93. The number of likely N-dealkylation sites (N-methyl/N-ethyl adjacent to an activating group) is 1. The predicted molar refractivity (Wildman–Crippen MR) is 106 cm³/mol. The van der Waals surface area contributed by atoms with Gasteiger partial charge in [-0.25, -0.2) is 8.42 Å². The lowest BCUT2D eigenvalue weighted by Gasteiger charge is -2.31. The maximum atomic E-state index is 11.2. The highest BCUT2D eigenvalue weighted by Gasteiger charge is 2.20. The van der Waals surface area contributed by atoms with Crippen molar-refractivity contribution in [3.63, 3.8) is 0 Å². The fourth-order valence-corrected chi connectivity index (χ4v) is 3.35. The number of halogens is 1. The molecule has 0 radical (unpaired) electrons. The minimum absolute atomic E-state index is 0.0671. The zero-order chi connectivity index (χ0) is 18.9. The summed E-state index contributed by atoms with van der Waals surface area (Å²) in [5.74, 6) is 0.644. The molecule has 0 aliphatic rings. The molecule has 0 saturated heterocycles. The fourth-order valence-electron chi connectivity index (χ4n) is 2.61. The number of nitrogens with one attached hydrogen (secondary N) is 2. The Balaban J connectivity index is 2.79. The van der Waals surface area contributed by atoms with Crippen LogP contribution in [0.25, 0.3) is 0 Å². The number of hydrogen-bond acceptors (Lipinski definition) is 4. The molecule has 0 aromatic heterocycles. The van der Waals surface area contributed by atoms with Crippen LogP contribution in [0.3, 0.4) is 0 Å². The van der Waals surface area contributed by atoms with Crippen molar-refractivity contribution in [1.29, 1.82) is 0 Å². The lowest BCUT2D eigenvalue weighted by atomic mass is 10.0. The SMILES string of the molecule is CCN(CC)C(CNC(=NC)NCCS(C)(=O)=O)c1ccccc1Cl. The van der Waals surface area contributed by atoms with E-state index >= 15 is 0 Å². The Hall–Kier alpha value is -1.31. The van der Waals surface area contributed by atoms with Gasteiger partial charge in [-0.2, -0.15) is 0 Å². The Morgan fingerprint density at radius 2 is 1.88 bits per heavy atom. The summed E-state index contributed by atoms with van der Waals surface area (Å²) in [6, 6.07) is 7.93. The first kappa shape index (κ1) is 21.7. The quantitative estimate of drug-likeness (QED) is 0.499. The van der Waals surface area contributed by atoms with Crippen molar-refractivity contribution < 1.29 is 8.42 Å². The average molecular weight is 389 g/mol. The summed E-state index contributed by atoms with van der Waals surface area (Å²) in [6.45, 7) is 6.96. The lowest BCUT2D eigenvalue weighted by molar-refractivity contribution is 0.219. The molecule has 25 heavy (non-hydrogen) atoms. The van der Waals surface area contributed by atoms with Crippen molar-refractivity contribution in [3.05, 3.63) is 34.9 Å². The molecule has 0 bridgehead atoms. The number of aliphatic imine (C=N–C) groups is 1. The summed E-state index contributed by atoms with van der Waals surface area (Å²) in [5.41, 5.74) is 1.06. The van der Waals surface area contributed by atoms with Crippen molar-refractivity contribution in [2.75, 3.05) is 45.2 Å². The van der Waals surface area contributed by atoms with Gasteiger partial charge in [-0.05, 0) is 24.7 Å². The van der Waals surface area contributed by atoms with Crippen LogP contribution < -0.4 is 10.6 Å². The minimum Gasteiger partial charge on any atom is -0.355 e. The third-order valence-corrected chi connectivity index (χ3v) is 5.26. The van der Waals surface area contributed by atoms with E-state index in [9.17, 15) is 8.42 Å². The van der Waals surface area contributed by atoms with Gasteiger partial charge in [-0.1, -0.05) is 43.6 Å². The van der Waals surface area contributed by atoms with E-state index < -0.39 is 9.84 Å². The molecule has 142 valence electrons. The van der Waals surface area contributed by atoms with Crippen molar-refractivity contribution in [2.45, 2.75) is 19.9 Å². The summed E-state index contributed by atoms with van der Waals surface area (Å²) in [5, 5.41) is 7.04. The number of benzene rings is 1. The number of guanidine groups is 1. The van der Waals surface area contributed by atoms with Crippen molar-refractivity contribution in [1.82, 2.24) is 15.5 Å². The highest BCUT2D eigenvalue weighted by Crippen LogP contribution is 2.26. The smallest absolute Gasteiger partial charge is 0.191 e. The van der Waals surface area contributed by atoms with Gasteiger partial charge in [0.25, 0.3) is 0 Å². The number of rotatable bonds is 9. The first-order valence-corrected chi connectivity index (χ1v) is 10.9. The number of hydrogen-bond donors (Lipinski definition) is 2. The van der Waals surface area contributed by atoms with E-state index in [2.05, 4.69) is 34.4 Å². The largest absolute Gasteiger partial charge is 0.355 e. The van der Waals surface area contributed by atoms with Crippen LogP contribution in [-0.2, 0) is 9.84 Å². The Morgan fingerprint density at radius 3 is 2.40 bits per heavy atom. The zero-order valence-electron chi connectivity index (χ0n) is 15.4. The second-order valence-corrected chi connectivity index (χ2v) is 8.44. The lowest BCUT2D eigenvalue weighted by Crippen LogP contribution is -2.44. The molecule has 2 N–H and O–H groups in total. The third-order valence-electron chi connectivity index (χ3n) is 3.97. The average Bonchev–Trinajstić information content (AvgIpc) is 2.56.